The van der Waals surface area contributed by atoms with Crippen LogP contribution in [0.2, 0.25) is 0 Å². The van der Waals surface area contributed by atoms with Crippen molar-refractivity contribution in [2.45, 2.75) is 6.92 Å². The first-order valence-corrected chi connectivity index (χ1v) is 6.52. The van der Waals surface area contributed by atoms with Crippen molar-refractivity contribution in [2.24, 2.45) is 0 Å². The summed E-state index contributed by atoms with van der Waals surface area (Å²) in [5.74, 6) is 1.92. The van der Waals surface area contributed by atoms with Gasteiger partial charge in [-0.25, -0.2) is 0 Å². The molecule has 0 unspecified atom stereocenters. The van der Waals surface area contributed by atoms with Crippen molar-refractivity contribution in [3.05, 3.63) is 52.5 Å². The van der Waals surface area contributed by atoms with Crippen molar-refractivity contribution in [2.75, 3.05) is 7.11 Å². The molecule has 2 aromatic rings. The van der Waals surface area contributed by atoms with Gasteiger partial charge in [-0.3, -0.25) is 4.79 Å². The standard InChI is InChI=1S/C15H13BrO3/c1-10(17)14-9-11(16)3-8-15(14)19-13-6-4-12(18-2)5-7-13/h3-9H,1-2H3. The van der Waals surface area contributed by atoms with Gasteiger partial charge < -0.3 is 9.47 Å². The second-order valence-corrected chi connectivity index (χ2v) is 4.89. The monoisotopic (exact) mass is 320 g/mol. The molecule has 0 bridgehead atoms. The van der Waals surface area contributed by atoms with Crippen LogP contribution in [0.5, 0.6) is 17.2 Å². The Kier molecular flexibility index (Phi) is 4.22. The second-order valence-electron chi connectivity index (χ2n) is 3.97. The molecule has 98 valence electrons. The van der Waals surface area contributed by atoms with Crippen LogP contribution in [0.4, 0.5) is 0 Å². The molecule has 2 rings (SSSR count). The van der Waals surface area contributed by atoms with Crippen LogP contribution in [0.1, 0.15) is 17.3 Å². The van der Waals surface area contributed by atoms with Crippen LogP contribution >= 0.6 is 15.9 Å². The van der Waals surface area contributed by atoms with Gasteiger partial charge in [-0.05, 0) is 49.4 Å². The third-order valence-electron chi connectivity index (χ3n) is 2.61. The van der Waals surface area contributed by atoms with Gasteiger partial charge >= 0.3 is 0 Å². The lowest BCUT2D eigenvalue weighted by Gasteiger charge is -2.10. The molecule has 3 nitrogen and oxygen atoms in total. The summed E-state index contributed by atoms with van der Waals surface area (Å²) >= 11 is 3.34. The first-order chi connectivity index (χ1) is 9.10. The van der Waals surface area contributed by atoms with E-state index in [0.717, 1.165) is 10.2 Å². The Balaban J connectivity index is 2.29. The molecule has 0 heterocycles. The van der Waals surface area contributed by atoms with Gasteiger partial charge in [0.15, 0.2) is 5.78 Å². The molecule has 0 aliphatic carbocycles. The van der Waals surface area contributed by atoms with Crippen LogP contribution < -0.4 is 9.47 Å². The smallest absolute Gasteiger partial charge is 0.163 e. The third-order valence-corrected chi connectivity index (χ3v) is 3.10. The summed E-state index contributed by atoms with van der Waals surface area (Å²) in [5.41, 5.74) is 0.546. The summed E-state index contributed by atoms with van der Waals surface area (Å²) in [6.07, 6.45) is 0. The predicted molar refractivity (Wildman–Crippen MR) is 77.2 cm³/mol. The highest BCUT2D eigenvalue weighted by Crippen LogP contribution is 2.29. The van der Waals surface area contributed by atoms with E-state index in [1.54, 1.807) is 31.4 Å². The zero-order valence-electron chi connectivity index (χ0n) is 10.6. The Morgan fingerprint density at radius 2 is 1.68 bits per heavy atom. The lowest BCUT2D eigenvalue weighted by molar-refractivity contribution is 0.101. The maximum Gasteiger partial charge on any atom is 0.163 e. The molecule has 0 atom stereocenters. The molecule has 0 radical (unpaired) electrons. The number of Topliss-reactive ketones (excluding diaryl/α,β-unsaturated/α-hetero) is 1. The minimum absolute atomic E-state index is 0.0372. The number of hydrogen-bond donors (Lipinski definition) is 0. The van der Waals surface area contributed by atoms with Crippen LogP contribution in [-0.4, -0.2) is 12.9 Å². The minimum Gasteiger partial charge on any atom is -0.497 e. The molecule has 0 aliphatic rings. The molecular weight excluding hydrogens is 308 g/mol. The first-order valence-electron chi connectivity index (χ1n) is 5.72. The molecule has 0 N–H and O–H groups in total. The van der Waals surface area contributed by atoms with E-state index in [2.05, 4.69) is 15.9 Å². The molecule has 0 saturated heterocycles. The van der Waals surface area contributed by atoms with Crippen molar-refractivity contribution in [1.29, 1.82) is 0 Å². The van der Waals surface area contributed by atoms with Crippen LogP contribution in [0.3, 0.4) is 0 Å². The van der Waals surface area contributed by atoms with Crippen molar-refractivity contribution in [3.63, 3.8) is 0 Å². The van der Waals surface area contributed by atoms with Gasteiger partial charge in [0.1, 0.15) is 17.2 Å². The lowest BCUT2D eigenvalue weighted by atomic mass is 10.1. The van der Waals surface area contributed by atoms with E-state index >= 15 is 0 Å². The number of hydrogen-bond acceptors (Lipinski definition) is 3. The van der Waals surface area contributed by atoms with E-state index in [4.69, 9.17) is 9.47 Å². The van der Waals surface area contributed by atoms with Gasteiger partial charge in [-0.1, -0.05) is 15.9 Å². The number of ether oxygens (including phenoxy) is 2. The number of benzene rings is 2. The summed E-state index contributed by atoms with van der Waals surface area (Å²) in [6, 6.07) is 12.6. The minimum atomic E-state index is -0.0372. The summed E-state index contributed by atoms with van der Waals surface area (Å²) < 4.78 is 11.7. The maximum absolute atomic E-state index is 11.6. The molecule has 0 aliphatic heterocycles. The first kappa shape index (κ1) is 13.6. The van der Waals surface area contributed by atoms with Crippen LogP contribution in [-0.2, 0) is 0 Å². The van der Waals surface area contributed by atoms with E-state index in [0.29, 0.717) is 17.1 Å². The Bertz CT molecular complexity index is 591. The van der Waals surface area contributed by atoms with Gasteiger partial charge in [-0.15, -0.1) is 0 Å². The van der Waals surface area contributed by atoms with Crippen LogP contribution in [0.25, 0.3) is 0 Å². The summed E-state index contributed by atoms with van der Waals surface area (Å²) in [5, 5.41) is 0. The fraction of sp³-hybridized carbons (Fsp3) is 0.133. The van der Waals surface area contributed by atoms with E-state index in [1.165, 1.54) is 6.92 Å². The summed E-state index contributed by atoms with van der Waals surface area (Å²) in [6.45, 7) is 1.52. The summed E-state index contributed by atoms with van der Waals surface area (Å²) in [7, 11) is 1.61. The topological polar surface area (TPSA) is 35.5 Å². The average molecular weight is 321 g/mol. The SMILES string of the molecule is COc1ccc(Oc2ccc(Br)cc2C(C)=O)cc1. The highest BCUT2D eigenvalue weighted by Gasteiger charge is 2.10. The Morgan fingerprint density at radius 3 is 2.26 bits per heavy atom. The van der Waals surface area contributed by atoms with Gasteiger partial charge in [0.25, 0.3) is 0 Å². The molecule has 0 amide bonds. The zero-order valence-corrected chi connectivity index (χ0v) is 12.2. The fourth-order valence-electron chi connectivity index (χ4n) is 1.64. The van der Waals surface area contributed by atoms with Crippen LogP contribution in [0.15, 0.2) is 46.9 Å². The van der Waals surface area contributed by atoms with Gasteiger partial charge in [-0.2, -0.15) is 0 Å². The van der Waals surface area contributed by atoms with Crippen molar-refractivity contribution in [3.8, 4) is 17.2 Å². The zero-order chi connectivity index (χ0) is 13.8. The Labute approximate surface area is 120 Å². The largest absolute Gasteiger partial charge is 0.497 e. The number of halogens is 1. The van der Waals surface area contributed by atoms with E-state index < -0.39 is 0 Å². The number of rotatable bonds is 4. The molecule has 0 fully saturated rings. The molecule has 19 heavy (non-hydrogen) atoms. The van der Waals surface area contributed by atoms with E-state index in [1.807, 2.05) is 18.2 Å². The molecule has 2 aromatic carbocycles. The average Bonchev–Trinajstić information content (AvgIpc) is 2.41. The third kappa shape index (κ3) is 3.35. The van der Waals surface area contributed by atoms with Gasteiger partial charge in [0.2, 0.25) is 0 Å². The summed E-state index contributed by atoms with van der Waals surface area (Å²) in [4.78, 5) is 11.6. The van der Waals surface area contributed by atoms with E-state index in [9.17, 15) is 4.79 Å². The Morgan fingerprint density at radius 1 is 1.05 bits per heavy atom. The fourth-order valence-corrected chi connectivity index (χ4v) is 2.00. The maximum atomic E-state index is 11.6. The highest BCUT2D eigenvalue weighted by molar-refractivity contribution is 9.10. The van der Waals surface area contributed by atoms with Crippen molar-refractivity contribution < 1.29 is 14.3 Å². The molecular formula is C15H13BrO3. The lowest BCUT2D eigenvalue weighted by Crippen LogP contribution is -1.97. The number of carbonyl (C=O) groups is 1. The Hall–Kier alpha value is -1.81. The highest BCUT2D eigenvalue weighted by atomic mass is 79.9. The van der Waals surface area contributed by atoms with Gasteiger partial charge in [0.05, 0.1) is 12.7 Å². The van der Waals surface area contributed by atoms with Crippen molar-refractivity contribution >= 4 is 21.7 Å². The van der Waals surface area contributed by atoms with Crippen molar-refractivity contribution in [1.82, 2.24) is 0 Å². The molecule has 0 saturated carbocycles. The number of carbonyl (C=O) groups excluding carboxylic acids is 1. The normalized spacial score (nSPS) is 10.1. The number of methoxy groups -OCH3 is 1. The quantitative estimate of drug-likeness (QED) is 0.780. The second kappa shape index (κ2) is 5.89. The van der Waals surface area contributed by atoms with Crippen LogP contribution in [0, 0.1) is 0 Å². The van der Waals surface area contributed by atoms with Gasteiger partial charge in [0, 0.05) is 4.47 Å². The molecule has 4 heteroatoms. The van der Waals surface area contributed by atoms with E-state index in [-0.39, 0.29) is 5.78 Å². The number of ketones is 1. The predicted octanol–water partition coefficient (Wildman–Crippen LogP) is 4.45. The molecule has 0 spiro atoms. The molecule has 0 aromatic heterocycles.